The van der Waals surface area contributed by atoms with E-state index >= 15 is 0 Å². The predicted molar refractivity (Wildman–Crippen MR) is 57.2 cm³/mol. The number of carbonyl (C=O) groups is 1. The minimum atomic E-state index is 0.0707. The van der Waals surface area contributed by atoms with Crippen molar-refractivity contribution >= 4 is 17.8 Å². The Morgan fingerprint density at radius 1 is 1.69 bits per heavy atom. The molecule has 0 saturated carbocycles. The third kappa shape index (κ3) is 3.10. The molecule has 1 aliphatic heterocycles. The number of thioether (sulfide) groups is 1. The van der Waals surface area contributed by atoms with Crippen LogP contribution in [0.15, 0.2) is 0 Å². The highest BCUT2D eigenvalue weighted by molar-refractivity contribution is 7.99. The number of amides is 2. The van der Waals surface area contributed by atoms with Gasteiger partial charge in [-0.15, -0.1) is 0 Å². The number of urea groups is 1. The van der Waals surface area contributed by atoms with Crippen LogP contribution >= 0.6 is 11.8 Å². The molecule has 1 heterocycles. The first-order chi connectivity index (χ1) is 6.27. The van der Waals surface area contributed by atoms with E-state index in [-0.39, 0.29) is 6.03 Å². The summed E-state index contributed by atoms with van der Waals surface area (Å²) in [4.78, 5) is 13.2. The zero-order chi connectivity index (χ0) is 9.68. The molecular formula is C9H18N2OS. The molecule has 1 rings (SSSR count). The van der Waals surface area contributed by atoms with Crippen molar-refractivity contribution in [3.8, 4) is 0 Å². The lowest BCUT2D eigenvalue weighted by Gasteiger charge is -2.31. The summed E-state index contributed by atoms with van der Waals surface area (Å²) in [6, 6.07) is 0.0707. The lowest BCUT2D eigenvalue weighted by atomic mass is 10.1. The maximum atomic E-state index is 11.3. The average Bonchev–Trinajstić information content (AvgIpc) is 2.18. The maximum Gasteiger partial charge on any atom is 0.317 e. The van der Waals surface area contributed by atoms with Crippen molar-refractivity contribution in [1.29, 1.82) is 0 Å². The number of hydrogen-bond donors (Lipinski definition) is 1. The number of nitrogens with one attached hydrogen (secondary N) is 1. The first-order valence-corrected chi connectivity index (χ1v) is 5.91. The van der Waals surface area contributed by atoms with E-state index in [1.807, 2.05) is 16.7 Å². The molecule has 0 aliphatic carbocycles. The fraction of sp³-hybridized carbons (Fsp3) is 0.889. The average molecular weight is 202 g/mol. The molecule has 0 bridgehead atoms. The fourth-order valence-electron chi connectivity index (χ4n) is 1.65. The first-order valence-electron chi connectivity index (χ1n) is 4.86. The Labute approximate surface area is 84.2 Å². The van der Waals surface area contributed by atoms with Crippen LogP contribution in [0.2, 0.25) is 0 Å². The lowest BCUT2D eigenvalue weighted by molar-refractivity contribution is 0.190. The second-order valence-electron chi connectivity index (χ2n) is 3.22. The predicted octanol–water partition coefficient (Wildman–Crippen LogP) is 1.54. The maximum absolute atomic E-state index is 11.3. The number of hydrogen-bond acceptors (Lipinski definition) is 2. The Balaban J connectivity index is 2.37. The van der Waals surface area contributed by atoms with Crippen molar-refractivity contribution in [1.82, 2.24) is 10.2 Å². The van der Waals surface area contributed by atoms with E-state index in [1.165, 1.54) is 6.42 Å². The minimum Gasteiger partial charge on any atom is -0.341 e. The molecule has 0 aromatic heterocycles. The van der Waals surface area contributed by atoms with Gasteiger partial charge < -0.3 is 10.2 Å². The molecule has 0 aromatic rings. The highest BCUT2D eigenvalue weighted by Crippen LogP contribution is 2.21. The summed E-state index contributed by atoms with van der Waals surface area (Å²) >= 11 is 1.96. The number of likely N-dealkylation sites (tertiary alicyclic amines) is 1. The Morgan fingerprint density at radius 2 is 2.46 bits per heavy atom. The standard InChI is InChI=1S/C9H18N2OS/c1-3-13-8-5-4-6-11(7-8)9(12)10-2/h8H,3-7H2,1-2H3,(H,10,12). The van der Waals surface area contributed by atoms with Gasteiger partial charge in [0.15, 0.2) is 0 Å². The van der Waals surface area contributed by atoms with Gasteiger partial charge in [0.2, 0.25) is 0 Å². The van der Waals surface area contributed by atoms with Gasteiger partial charge in [-0.3, -0.25) is 0 Å². The van der Waals surface area contributed by atoms with E-state index in [4.69, 9.17) is 0 Å². The third-order valence-electron chi connectivity index (χ3n) is 2.28. The van der Waals surface area contributed by atoms with Crippen molar-refractivity contribution in [3.63, 3.8) is 0 Å². The molecule has 0 spiro atoms. The zero-order valence-corrected chi connectivity index (χ0v) is 9.19. The van der Waals surface area contributed by atoms with Crippen LogP contribution in [0.25, 0.3) is 0 Å². The Morgan fingerprint density at radius 3 is 3.08 bits per heavy atom. The second kappa shape index (κ2) is 5.37. The van der Waals surface area contributed by atoms with E-state index in [9.17, 15) is 4.79 Å². The number of nitrogens with zero attached hydrogens (tertiary/aromatic N) is 1. The molecule has 1 aliphatic rings. The van der Waals surface area contributed by atoms with E-state index in [2.05, 4.69) is 12.2 Å². The van der Waals surface area contributed by atoms with Crippen molar-refractivity contribution in [3.05, 3.63) is 0 Å². The SMILES string of the molecule is CCSC1CCCN(C(=O)NC)C1. The summed E-state index contributed by atoms with van der Waals surface area (Å²) in [6.45, 7) is 4.00. The molecule has 2 amide bonds. The zero-order valence-electron chi connectivity index (χ0n) is 8.38. The van der Waals surface area contributed by atoms with Crippen LogP contribution < -0.4 is 5.32 Å². The molecular weight excluding hydrogens is 184 g/mol. The van der Waals surface area contributed by atoms with E-state index in [0.717, 1.165) is 25.3 Å². The number of carbonyl (C=O) groups excluding carboxylic acids is 1. The van der Waals surface area contributed by atoms with E-state index in [0.29, 0.717) is 5.25 Å². The van der Waals surface area contributed by atoms with Gasteiger partial charge in [0.25, 0.3) is 0 Å². The molecule has 1 N–H and O–H groups in total. The molecule has 13 heavy (non-hydrogen) atoms. The van der Waals surface area contributed by atoms with Crippen LogP contribution in [-0.4, -0.2) is 42.1 Å². The summed E-state index contributed by atoms with van der Waals surface area (Å²) in [7, 11) is 1.69. The Kier molecular flexibility index (Phi) is 4.42. The van der Waals surface area contributed by atoms with Gasteiger partial charge in [0.05, 0.1) is 0 Å². The van der Waals surface area contributed by atoms with Crippen LogP contribution in [0.1, 0.15) is 19.8 Å². The molecule has 0 radical (unpaired) electrons. The van der Waals surface area contributed by atoms with Crippen molar-refractivity contribution in [2.24, 2.45) is 0 Å². The largest absolute Gasteiger partial charge is 0.341 e. The molecule has 1 atom stereocenters. The van der Waals surface area contributed by atoms with Crippen molar-refractivity contribution < 1.29 is 4.79 Å². The summed E-state index contributed by atoms with van der Waals surface area (Å²) in [5.74, 6) is 1.15. The van der Waals surface area contributed by atoms with Gasteiger partial charge in [0, 0.05) is 25.4 Å². The second-order valence-corrected chi connectivity index (χ2v) is 4.80. The molecule has 4 heteroatoms. The van der Waals surface area contributed by atoms with Crippen molar-refractivity contribution in [2.45, 2.75) is 25.0 Å². The molecule has 0 aromatic carbocycles. The monoisotopic (exact) mass is 202 g/mol. The molecule has 76 valence electrons. The van der Waals surface area contributed by atoms with E-state index in [1.54, 1.807) is 7.05 Å². The highest BCUT2D eigenvalue weighted by atomic mass is 32.2. The van der Waals surface area contributed by atoms with E-state index < -0.39 is 0 Å². The van der Waals surface area contributed by atoms with Gasteiger partial charge in [-0.05, 0) is 18.6 Å². The smallest absolute Gasteiger partial charge is 0.317 e. The topological polar surface area (TPSA) is 32.3 Å². The van der Waals surface area contributed by atoms with Gasteiger partial charge in [-0.1, -0.05) is 6.92 Å². The highest BCUT2D eigenvalue weighted by Gasteiger charge is 2.22. The number of piperidine rings is 1. The van der Waals surface area contributed by atoms with Gasteiger partial charge in [0.1, 0.15) is 0 Å². The van der Waals surface area contributed by atoms with Crippen LogP contribution in [0, 0.1) is 0 Å². The summed E-state index contributed by atoms with van der Waals surface area (Å²) < 4.78 is 0. The quantitative estimate of drug-likeness (QED) is 0.736. The molecule has 1 saturated heterocycles. The first kappa shape index (κ1) is 10.7. The summed E-state index contributed by atoms with van der Waals surface area (Å²) in [5.41, 5.74) is 0. The third-order valence-corrected chi connectivity index (χ3v) is 3.47. The Hall–Kier alpha value is -0.380. The van der Waals surface area contributed by atoms with Crippen molar-refractivity contribution in [2.75, 3.05) is 25.9 Å². The summed E-state index contributed by atoms with van der Waals surface area (Å²) in [6.07, 6.45) is 2.40. The Bertz CT molecular complexity index is 173. The fourth-order valence-corrected chi connectivity index (χ4v) is 2.74. The van der Waals surface area contributed by atoms with Crippen LogP contribution in [-0.2, 0) is 0 Å². The van der Waals surface area contributed by atoms with Gasteiger partial charge >= 0.3 is 6.03 Å². The molecule has 3 nitrogen and oxygen atoms in total. The van der Waals surface area contributed by atoms with Gasteiger partial charge in [-0.2, -0.15) is 11.8 Å². The normalized spacial score (nSPS) is 22.9. The number of rotatable bonds is 2. The minimum absolute atomic E-state index is 0.0707. The van der Waals surface area contributed by atoms with Crippen LogP contribution in [0.3, 0.4) is 0 Å². The molecule has 1 unspecified atom stereocenters. The molecule has 1 fully saturated rings. The van der Waals surface area contributed by atoms with Crippen LogP contribution in [0.5, 0.6) is 0 Å². The lowest BCUT2D eigenvalue weighted by Crippen LogP contribution is -2.45. The van der Waals surface area contributed by atoms with Gasteiger partial charge in [-0.25, -0.2) is 4.79 Å². The summed E-state index contributed by atoms with van der Waals surface area (Å²) in [5, 5.41) is 3.32. The van der Waals surface area contributed by atoms with Crippen LogP contribution in [0.4, 0.5) is 4.79 Å².